The molecule has 7 unspecified atom stereocenters. The number of aliphatic hydroxyl groups excluding tert-OH is 3. The maximum atomic E-state index is 16.0. The van der Waals surface area contributed by atoms with Gasteiger partial charge in [0.2, 0.25) is 17.8 Å². The number of nitrogens with two attached hydrogens (primary N) is 6. The van der Waals surface area contributed by atoms with Crippen LogP contribution < -0.4 is 51.1 Å². The summed E-state index contributed by atoms with van der Waals surface area (Å²) in [6.45, 7) is -27.9. The average molecular weight is 2130 g/mol. The van der Waals surface area contributed by atoms with Gasteiger partial charge in [-0.15, -0.1) is 23.3 Å². The van der Waals surface area contributed by atoms with Gasteiger partial charge in [0.15, 0.2) is 81.5 Å². The third kappa shape index (κ3) is 18.9. The van der Waals surface area contributed by atoms with Crippen molar-refractivity contribution in [3.8, 4) is 12.3 Å². The van der Waals surface area contributed by atoms with E-state index in [2.05, 4.69) is 93.4 Å². The molecule has 0 spiro atoms. The Morgan fingerprint density at radius 1 is 0.526 bits per heavy atom. The second-order valence-electron chi connectivity index (χ2n) is 31.0. The number of hydrogen-bond donors (Lipinski definition) is 18. The molecule has 9 aliphatic heterocycles. The molecule has 28 atom stereocenters. The number of fused-ring (bicyclic) bond motifs is 15. The van der Waals surface area contributed by atoms with Crippen LogP contribution in [0, 0.1) is 12.3 Å². The number of terminal acetylenes is 1. The first-order chi connectivity index (χ1) is 64.0. The third-order valence-corrected chi connectivity index (χ3v) is 33.4. The number of aliphatic hydroxyl groups is 3. The summed E-state index contributed by atoms with van der Waals surface area (Å²) in [4.78, 5) is 137. The highest BCUT2D eigenvalue weighted by Crippen LogP contribution is 2.63. The van der Waals surface area contributed by atoms with Crippen LogP contribution in [0.2, 0.25) is 0 Å². The highest BCUT2D eigenvalue weighted by Gasteiger charge is 2.61. The summed E-state index contributed by atoms with van der Waals surface area (Å²) in [7, 11) is 0. The SMILES string of the molecule is C#C[C@@]12COP(O)(=S)O[C@@H]3[C@@H](F)[C@@H](COP(O)(=S)O[C@H]1[C@@H](O)[C@H](n1cnc4c(N)ccnc41)O2)O[C@H]3n1cnc2c(=O)[nH]c(N)nc21.Nc1nc2c(ncn2[C@@H]2OC3COP(O)(=S)O[C@H]4[C@@H](O)[C@H](n5ccc6c(N)ccnc65)O[C@@H]4COP(O)(=S)O[C@@H]2C3)c(=O)[nH]1.Nc1nc2c(nnn2[C@@H]2S[C@@H]3COP(O)(=S)O[C@H]4C[C@H](c5cnc6c(N)ccnn56)O[C@@H]4COP(=O)(S)O[C@@H]2[C@@H]3O)c(=O)[nH]1. The number of thiol groups is 1. The highest BCUT2D eigenvalue weighted by atomic mass is 32.7. The quantitative estimate of drug-likeness (QED) is 0.0587. The summed E-state index contributed by atoms with van der Waals surface area (Å²) in [6, 6.07) is 6.50. The Balaban J connectivity index is 0.000000130. The van der Waals surface area contributed by atoms with E-state index in [0.29, 0.717) is 45.0 Å². The molecule has 21 rings (SSSR count). The number of hydrogen-bond acceptors (Lipinski definition) is 48. The predicted octanol–water partition coefficient (Wildman–Crippen LogP) is -0.0939. The molecular weight excluding hydrogens is 2050 g/mol. The van der Waals surface area contributed by atoms with Gasteiger partial charge in [0.25, 0.3) is 16.7 Å². The van der Waals surface area contributed by atoms with Crippen LogP contribution in [0.5, 0.6) is 0 Å². The number of ether oxygens (including phenoxy) is 5. The minimum atomic E-state index is -4.45. The van der Waals surface area contributed by atoms with E-state index in [9.17, 15) is 58.7 Å². The van der Waals surface area contributed by atoms with E-state index in [1.165, 1.54) is 55.6 Å². The lowest BCUT2D eigenvalue weighted by Gasteiger charge is -2.33. The number of imidazole rings is 4. The number of rotatable bonds is 6. The molecule has 0 saturated carbocycles. The Kier molecular flexibility index (Phi) is 26.2. The van der Waals surface area contributed by atoms with Gasteiger partial charge in [-0.3, -0.25) is 65.7 Å². The van der Waals surface area contributed by atoms with Crippen LogP contribution in [-0.4, -0.2) is 278 Å². The molecule has 70 heteroatoms. The second-order valence-corrected chi connectivity index (χ2v) is 49.2. The summed E-state index contributed by atoms with van der Waals surface area (Å²) in [6.07, 6.45) is -6.55. The standard InChI is InChI=1S/C23H24FN9O10P2S2.C22H26N8O10P2S2.C20H24N10O9P2S3/c1-2-23-6-39-45(37,47)42-15-11(24)10(40-21(15)33-8-29-13-18(33)30-22(26)31-19(13)35)5-38-44(36,46)43-16(23)14(34)20(41-23)32-7-28-12-9(25)3-4-27-17(12)32;23-11-1-3-25-17-10(11)2-4-29(17)21-15(31)16-13(38-21)7-36-41(33,43)39-12-5-9(6-35-42(34,44)40-16)37-20(12)30-8-26-14-18(30)27-22(24)28-19(14)32;21-7-1-2-24-29-8(4-23-16(7)29)9-3-10-11(37-9)5-35-41(34,43)39-15-14(31)12(6-36-40(33,42)38-10)44-19(15)30-17-13(27-28-30)18(32)26-20(22)25-17/h1,3-4,7-8,10-11,14-16,20-21,34H,5-6H2,(H2,25,27)(H,36,46)(H,37,47)(H3,26,30,31,35);1-4,8-9,12-13,15-16,20-21,31H,5-7H2,(H2,23,25)(H,33,43)(H,34,44)(H3,24,27,28,32);1-2,4,9-12,14-15,19,31H,3,5-6,21H2,(H,33,42)(H,34,43)(H3,22,25,26,32)/t10-,11+,14-,15-,16+,20-,21-,23-,44?,45?;9?,12-,13-,15-,16-,20-,21-,41?,42?;9-,10+,11-,12-,14-,15-,19-,40?,41?/m111/s1. The Hall–Kier alpha value is -7.62. The minimum absolute atomic E-state index is 0.000451. The molecule has 23 N–H and O–H groups in total. The lowest BCUT2D eigenvalue weighted by Crippen LogP contribution is -2.47. The van der Waals surface area contributed by atoms with Crippen LogP contribution in [0.15, 0.2) is 88.6 Å². The number of thioether (sulfide) groups is 1. The van der Waals surface area contributed by atoms with Crippen LogP contribution >= 0.6 is 64.4 Å². The Morgan fingerprint density at radius 2 is 1.10 bits per heavy atom. The Labute approximate surface area is 787 Å². The number of nitrogens with one attached hydrogen (secondary N) is 3. The van der Waals surface area contributed by atoms with E-state index < -0.39 is 210 Å². The summed E-state index contributed by atoms with van der Waals surface area (Å²) in [5.74, 6) is 1.75. The van der Waals surface area contributed by atoms with Crippen molar-refractivity contribution < 1.29 is 127 Å². The molecule has 0 aliphatic carbocycles. The van der Waals surface area contributed by atoms with E-state index >= 15 is 4.39 Å². The maximum Gasteiger partial charge on any atom is 0.386 e. The van der Waals surface area contributed by atoms with Crippen LogP contribution in [-0.2, 0) is 142 Å². The first-order valence-corrected chi connectivity index (χ1v) is 56.1. The molecule has 12 aromatic rings. The normalized spacial score (nSPS) is 37.1. The van der Waals surface area contributed by atoms with Crippen molar-refractivity contribution in [1.82, 2.24) is 103 Å². The lowest BCUT2D eigenvalue weighted by atomic mass is 9.97. The molecule has 12 aromatic heterocycles. The Morgan fingerprint density at radius 3 is 1.79 bits per heavy atom. The van der Waals surface area contributed by atoms with Crippen LogP contribution in [0.4, 0.5) is 39.3 Å². The van der Waals surface area contributed by atoms with Crippen molar-refractivity contribution >= 4 is 220 Å². The number of aromatic nitrogens is 21. The molecule has 9 aliphatic rings. The fraction of sp³-hybridized carbons (Fsp3) is 0.462. The maximum absolute atomic E-state index is 16.0. The van der Waals surface area contributed by atoms with Crippen molar-refractivity contribution in [2.45, 2.75) is 146 Å². The van der Waals surface area contributed by atoms with E-state index in [-0.39, 0.29) is 89.6 Å². The number of nitrogens with zero attached hydrogens (tertiary/aromatic N) is 18. The summed E-state index contributed by atoms with van der Waals surface area (Å²) >= 11 is 31.6. The zero-order valence-corrected chi connectivity index (χ0v) is 79.1. The fourth-order valence-corrected chi connectivity index (χ4v) is 26.6. The van der Waals surface area contributed by atoms with E-state index in [0.717, 1.165) is 22.7 Å². The molecule has 21 heterocycles. The predicted molar refractivity (Wildman–Crippen MR) is 487 cm³/mol. The van der Waals surface area contributed by atoms with Gasteiger partial charge in [-0.2, -0.15) is 20.1 Å². The van der Waals surface area contributed by atoms with Gasteiger partial charge >= 0.3 is 40.4 Å². The summed E-state index contributed by atoms with van der Waals surface area (Å²) in [5, 5.41) is 45.0. The van der Waals surface area contributed by atoms with Crippen molar-refractivity contribution in [3.05, 3.63) is 111 Å². The van der Waals surface area contributed by atoms with Crippen LogP contribution in [0.3, 0.4) is 0 Å². The lowest BCUT2D eigenvalue weighted by molar-refractivity contribution is -0.0912. The van der Waals surface area contributed by atoms with Crippen molar-refractivity contribution in [2.75, 3.05) is 74.0 Å². The van der Waals surface area contributed by atoms with Gasteiger partial charge in [-0.1, -0.05) is 23.4 Å². The molecule has 9 saturated heterocycles. The number of alkyl halides is 1. The molecule has 135 heavy (non-hydrogen) atoms. The molecule has 6 bridgehead atoms. The minimum Gasteiger partial charge on any atom is -0.398 e. The second kappa shape index (κ2) is 36.8. The number of aromatic amines is 3. The topological polar surface area (TPSA) is 774 Å². The molecule has 9 fully saturated rings. The molecule has 0 amide bonds. The van der Waals surface area contributed by atoms with E-state index in [4.69, 9.17) is 178 Å². The summed E-state index contributed by atoms with van der Waals surface area (Å²) < 4.78 is 136. The van der Waals surface area contributed by atoms with Crippen molar-refractivity contribution in [1.29, 1.82) is 0 Å². The van der Waals surface area contributed by atoms with Gasteiger partial charge < -0.3 is 134 Å². The van der Waals surface area contributed by atoms with Gasteiger partial charge in [-0.25, -0.2) is 48.1 Å². The molecule has 56 nitrogen and oxygen atoms in total. The largest absolute Gasteiger partial charge is 0.398 e. The zero-order valence-electron chi connectivity index (χ0n) is 67.9. The molecule has 722 valence electrons. The zero-order chi connectivity index (χ0) is 95.4. The van der Waals surface area contributed by atoms with Crippen LogP contribution in [0.25, 0.3) is 61.3 Å². The molecule has 0 radical (unpaired) electrons. The van der Waals surface area contributed by atoms with Gasteiger partial charge in [0.05, 0.1) is 112 Å². The average Bonchev–Trinajstić information content (AvgIpc) is 1.56. The first kappa shape index (κ1) is 96.3. The van der Waals surface area contributed by atoms with Gasteiger partial charge in [0.1, 0.15) is 83.7 Å². The van der Waals surface area contributed by atoms with E-state index in [1.807, 2.05) is 0 Å². The number of H-pyrrole nitrogens is 3. The molecular formula is C65H74FN27O29P6S7. The highest BCUT2D eigenvalue weighted by molar-refractivity contribution is 8.44. The van der Waals surface area contributed by atoms with Crippen molar-refractivity contribution in [3.63, 3.8) is 0 Å². The first-order valence-electron chi connectivity index (χ1n) is 39.5. The van der Waals surface area contributed by atoms with E-state index in [1.54, 1.807) is 35.2 Å². The van der Waals surface area contributed by atoms with Gasteiger partial charge in [-0.05, 0) is 83.3 Å². The number of halogens is 1. The third-order valence-electron chi connectivity index (χ3n) is 22.4. The molecule has 0 aromatic carbocycles. The fourth-order valence-electron chi connectivity index (χ4n) is 16.3. The monoisotopic (exact) mass is 2130 g/mol. The van der Waals surface area contributed by atoms with Gasteiger partial charge in [0, 0.05) is 42.5 Å². The van der Waals surface area contributed by atoms with Crippen LogP contribution in [0.1, 0.15) is 54.9 Å². The number of anilines is 6. The number of pyridine rings is 2. The smallest absolute Gasteiger partial charge is 0.386 e. The summed E-state index contributed by atoms with van der Waals surface area (Å²) in [5.41, 5.74) is 34.1. The Bertz CT molecular complexity index is 7230. The van der Waals surface area contributed by atoms with Crippen molar-refractivity contribution in [2.24, 2.45) is 0 Å². The number of nitrogen functional groups attached to an aromatic ring is 6.